The highest BCUT2D eigenvalue weighted by molar-refractivity contribution is 7.80. The molecule has 1 aliphatic rings. The molecule has 0 saturated heterocycles. The predicted octanol–water partition coefficient (Wildman–Crippen LogP) is 3.99. The summed E-state index contributed by atoms with van der Waals surface area (Å²) in [5.41, 5.74) is 7.79. The van der Waals surface area contributed by atoms with Crippen molar-refractivity contribution in [2.24, 2.45) is 11.7 Å². The molecule has 19 heavy (non-hydrogen) atoms. The van der Waals surface area contributed by atoms with Crippen LogP contribution in [0.4, 0.5) is 5.69 Å². The lowest BCUT2D eigenvalue weighted by Crippen LogP contribution is -2.36. The average molecular weight is 297 g/mol. The Morgan fingerprint density at radius 1 is 1.32 bits per heavy atom. The molecule has 0 aliphatic heterocycles. The van der Waals surface area contributed by atoms with Gasteiger partial charge in [0.1, 0.15) is 4.99 Å². The third-order valence-corrected chi connectivity index (χ3v) is 4.59. The van der Waals surface area contributed by atoms with Gasteiger partial charge in [0.05, 0.1) is 0 Å². The number of halogens is 1. The number of hydrogen-bond donors (Lipinski definition) is 1. The Bertz CT molecular complexity index is 467. The largest absolute Gasteiger partial charge is 0.389 e. The molecule has 0 aromatic heterocycles. The standard InChI is InChI=1S/C15H21ClN2S/c1-10-3-6-12(7-4-10)18(2)14-8-5-11(16)9-13(14)15(17)19/h5,8-10,12H,3-4,6-7H2,1-2H3,(H2,17,19). The predicted molar refractivity (Wildman–Crippen MR) is 87.2 cm³/mol. The molecule has 2 nitrogen and oxygen atoms in total. The highest BCUT2D eigenvalue weighted by atomic mass is 35.5. The summed E-state index contributed by atoms with van der Waals surface area (Å²) in [4.78, 5) is 2.73. The van der Waals surface area contributed by atoms with Crippen LogP contribution < -0.4 is 10.6 Å². The van der Waals surface area contributed by atoms with Crippen molar-refractivity contribution in [3.63, 3.8) is 0 Å². The van der Waals surface area contributed by atoms with Gasteiger partial charge in [0.25, 0.3) is 0 Å². The van der Waals surface area contributed by atoms with Crippen LogP contribution in [0.3, 0.4) is 0 Å². The first-order valence-electron chi connectivity index (χ1n) is 6.81. The Morgan fingerprint density at radius 2 is 1.95 bits per heavy atom. The monoisotopic (exact) mass is 296 g/mol. The fourth-order valence-corrected chi connectivity index (χ4v) is 3.18. The second-order valence-electron chi connectivity index (χ2n) is 5.55. The molecule has 1 fully saturated rings. The maximum absolute atomic E-state index is 6.04. The smallest absolute Gasteiger partial charge is 0.106 e. The Labute approximate surface area is 125 Å². The van der Waals surface area contributed by atoms with E-state index in [2.05, 4.69) is 18.9 Å². The lowest BCUT2D eigenvalue weighted by atomic mass is 9.86. The van der Waals surface area contributed by atoms with E-state index in [1.54, 1.807) is 0 Å². The summed E-state index contributed by atoms with van der Waals surface area (Å²) in [5.74, 6) is 0.852. The zero-order valence-electron chi connectivity index (χ0n) is 11.5. The van der Waals surface area contributed by atoms with Crippen LogP contribution in [0.1, 0.15) is 38.2 Å². The van der Waals surface area contributed by atoms with Gasteiger partial charge in [0.2, 0.25) is 0 Å². The summed E-state index contributed by atoms with van der Waals surface area (Å²) in [7, 11) is 2.13. The van der Waals surface area contributed by atoms with Gasteiger partial charge >= 0.3 is 0 Å². The van der Waals surface area contributed by atoms with E-state index in [1.165, 1.54) is 25.7 Å². The minimum atomic E-state index is 0.411. The zero-order chi connectivity index (χ0) is 14.0. The topological polar surface area (TPSA) is 29.3 Å². The summed E-state index contributed by atoms with van der Waals surface area (Å²) in [6.45, 7) is 2.33. The minimum Gasteiger partial charge on any atom is -0.389 e. The van der Waals surface area contributed by atoms with Crippen LogP contribution in [0.5, 0.6) is 0 Å². The van der Waals surface area contributed by atoms with Crippen molar-refractivity contribution in [3.05, 3.63) is 28.8 Å². The van der Waals surface area contributed by atoms with Gasteiger partial charge in [-0.05, 0) is 49.8 Å². The van der Waals surface area contributed by atoms with Gasteiger partial charge in [-0.2, -0.15) is 0 Å². The SMILES string of the molecule is CC1CCC(N(C)c2ccc(Cl)cc2C(N)=S)CC1. The van der Waals surface area contributed by atoms with E-state index in [4.69, 9.17) is 29.6 Å². The number of benzene rings is 1. The van der Waals surface area contributed by atoms with E-state index in [0.717, 1.165) is 17.2 Å². The number of hydrogen-bond acceptors (Lipinski definition) is 2. The molecule has 2 rings (SSSR count). The third kappa shape index (κ3) is 3.40. The third-order valence-electron chi connectivity index (χ3n) is 4.14. The molecule has 0 heterocycles. The van der Waals surface area contributed by atoms with E-state index in [0.29, 0.717) is 16.1 Å². The number of nitrogens with zero attached hydrogens (tertiary/aromatic N) is 1. The molecule has 1 aliphatic carbocycles. The van der Waals surface area contributed by atoms with Crippen molar-refractivity contribution in [2.75, 3.05) is 11.9 Å². The van der Waals surface area contributed by atoms with Gasteiger partial charge in [0.15, 0.2) is 0 Å². The molecule has 0 atom stereocenters. The van der Waals surface area contributed by atoms with Gasteiger partial charge in [-0.1, -0.05) is 30.7 Å². The van der Waals surface area contributed by atoms with E-state index >= 15 is 0 Å². The highest BCUT2D eigenvalue weighted by Gasteiger charge is 2.23. The second-order valence-corrected chi connectivity index (χ2v) is 6.43. The van der Waals surface area contributed by atoms with Crippen molar-refractivity contribution in [1.82, 2.24) is 0 Å². The molecule has 0 spiro atoms. The summed E-state index contributed by atoms with van der Waals surface area (Å²) in [5, 5.41) is 0.678. The van der Waals surface area contributed by atoms with Crippen LogP contribution in [0.2, 0.25) is 5.02 Å². The fourth-order valence-electron chi connectivity index (χ4n) is 2.84. The van der Waals surface area contributed by atoms with Crippen LogP contribution in [0, 0.1) is 5.92 Å². The molecule has 104 valence electrons. The number of nitrogens with two attached hydrogens (primary N) is 1. The molecular formula is C15H21ClN2S. The average Bonchev–Trinajstić information content (AvgIpc) is 2.38. The molecule has 1 aromatic carbocycles. The fraction of sp³-hybridized carbons (Fsp3) is 0.533. The molecule has 0 amide bonds. The Kier molecular flexibility index (Phi) is 4.69. The molecule has 2 N–H and O–H groups in total. The van der Waals surface area contributed by atoms with Gasteiger partial charge in [-0.3, -0.25) is 0 Å². The van der Waals surface area contributed by atoms with Crippen molar-refractivity contribution < 1.29 is 0 Å². The van der Waals surface area contributed by atoms with Gasteiger partial charge in [-0.25, -0.2) is 0 Å². The van der Waals surface area contributed by atoms with E-state index in [-0.39, 0.29) is 0 Å². The van der Waals surface area contributed by atoms with Crippen LogP contribution in [0.15, 0.2) is 18.2 Å². The van der Waals surface area contributed by atoms with Crippen LogP contribution >= 0.6 is 23.8 Å². The molecule has 1 saturated carbocycles. The number of thiocarbonyl (C=S) groups is 1. The summed E-state index contributed by atoms with van der Waals surface area (Å²) < 4.78 is 0. The van der Waals surface area contributed by atoms with E-state index in [1.807, 2.05) is 18.2 Å². The Balaban J connectivity index is 2.23. The number of rotatable bonds is 3. The molecular weight excluding hydrogens is 276 g/mol. The Morgan fingerprint density at radius 3 is 2.53 bits per heavy atom. The molecule has 0 unspecified atom stereocenters. The molecule has 0 bridgehead atoms. The zero-order valence-corrected chi connectivity index (χ0v) is 13.1. The van der Waals surface area contributed by atoms with Crippen LogP contribution in [-0.4, -0.2) is 18.1 Å². The molecule has 1 aromatic rings. The minimum absolute atomic E-state index is 0.411. The maximum Gasteiger partial charge on any atom is 0.106 e. The van der Waals surface area contributed by atoms with E-state index < -0.39 is 0 Å². The van der Waals surface area contributed by atoms with Gasteiger partial charge in [0, 0.05) is 29.4 Å². The van der Waals surface area contributed by atoms with Crippen molar-refractivity contribution in [1.29, 1.82) is 0 Å². The van der Waals surface area contributed by atoms with Gasteiger partial charge in [-0.15, -0.1) is 0 Å². The molecule has 0 radical (unpaired) electrons. The quantitative estimate of drug-likeness (QED) is 0.855. The summed E-state index contributed by atoms with van der Waals surface area (Å²) in [6, 6.07) is 6.36. The lowest BCUT2D eigenvalue weighted by molar-refractivity contribution is 0.341. The summed E-state index contributed by atoms with van der Waals surface area (Å²) in [6.07, 6.45) is 5.06. The first-order valence-corrected chi connectivity index (χ1v) is 7.60. The van der Waals surface area contributed by atoms with Gasteiger partial charge < -0.3 is 10.6 Å². The van der Waals surface area contributed by atoms with Crippen molar-refractivity contribution in [3.8, 4) is 0 Å². The van der Waals surface area contributed by atoms with Crippen molar-refractivity contribution >= 4 is 34.5 Å². The van der Waals surface area contributed by atoms with Crippen molar-refractivity contribution in [2.45, 2.75) is 38.6 Å². The van der Waals surface area contributed by atoms with Crippen LogP contribution in [-0.2, 0) is 0 Å². The second kappa shape index (κ2) is 6.10. The lowest BCUT2D eigenvalue weighted by Gasteiger charge is -2.36. The highest BCUT2D eigenvalue weighted by Crippen LogP contribution is 2.32. The Hall–Kier alpha value is -0.800. The maximum atomic E-state index is 6.04. The summed E-state index contributed by atoms with van der Waals surface area (Å²) >= 11 is 11.2. The normalized spacial score (nSPS) is 23.1. The molecule has 4 heteroatoms. The number of anilines is 1. The first-order chi connectivity index (χ1) is 8.99. The van der Waals surface area contributed by atoms with E-state index in [9.17, 15) is 0 Å². The first kappa shape index (κ1) is 14.6. The van der Waals surface area contributed by atoms with Crippen LogP contribution in [0.25, 0.3) is 0 Å².